The summed E-state index contributed by atoms with van der Waals surface area (Å²) in [7, 11) is 1.53. The molecule has 1 unspecified atom stereocenters. The molecule has 1 fully saturated rings. The van der Waals surface area contributed by atoms with Gasteiger partial charge in [-0.1, -0.05) is 0 Å². The van der Waals surface area contributed by atoms with Crippen LogP contribution in [0.2, 0.25) is 0 Å². The van der Waals surface area contributed by atoms with Gasteiger partial charge in [0.2, 0.25) is 5.91 Å². The minimum atomic E-state index is -0.998. The highest BCUT2D eigenvalue weighted by Gasteiger charge is 2.31. The molecule has 1 heterocycles. The van der Waals surface area contributed by atoms with Gasteiger partial charge >= 0.3 is 5.97 Å². The first-order chi connectivity index (χ1) is 9.58. The van der Waals surface area contributed by atoms with E-state index in [4.69, 9.17) is 21.4 Å². The number of benzene rings is 1. The highest BCUT2D eigenvalue weighted by atomic mass is 35.5. The molecule has 6 heteroatoms. The smallest absolute Gasteiger partial charge is 0.335 e. The highest BCUT2D eigenvalue weighted by molar-refractivity contribution is 6.27. The van der Waals surface area contributed by atoms with Crippen LogP contribution in [-0.2, 0) is 4.79 Å². The van der Waals surface area contributed by atoms with Crippen molar-refractivity contribution in [3.63, 3.8) is 0 Å². The number of halogens is 1. The van der Waals surface area contributed by atoms with Gasteiger partial charge in [0.1, 0.15) is 11.6 Å². The Morgan fingerprint density at radius 3 is 2.85 bits per heavy atom. The van der Waals surface area contributed by atoms with Gasteiger partial charge in [-0.25, -0.2) is 4.79 Å². The van der Waals surface area contributed by atoms with Crippen LogP contribution in [0, 0.1) is 0 Å². The molecule has 1 aromatic rings. The van der Waals surface area contributed by atoms with Crippen LogP contribution in [0.4, 0.5) is 0 Å². The first-order valence-electron chi connectivity index (χ1n) is 6.35. The van der Waals surface area contributed by atoms with E-state index in [2.05, 4.69) is 0 Å². The van der Waals surface area contributed by atoms with Crippen molar-refractivity contribution < 1.29 is 19.4 Å². The van der Waals surface area contributed by atoms with Gasteiger partial charge in [-0.05, 0) is 31.0 Å². The number of likely N-dealkylation sites (tertiary alicyclic amines) is 1. The molecule has 0 saturated carbocycles. The van der Waals surface area contributed by atoms with Gasteiger partial charge in [0, 0.05) is 12.1 Å². The van der Waals surface area contributed by atoms with E-state index >= 15 is 0 Å². The maximum Gasteiger partial charge on any atom is 0.335 e. The molecule has 1 saturated heterocycles. The van der Waals surface area contributed by atoms with E-state index in [0.717, 1.165) is 18.4 Å². The summed E-state index contributed by atoms with van der Waals surface area (Å²) in [5.41, 5.74) is 0.911. The molecule has 1 N–H and O–H groups in total. The van der Waals surface area contributed by atoms with Crippen LogP contribution >= 0.6 is 11.6 Å². The lowest BCUT2D eigenvalue weighted by molar-refractivity contribution is -0.129. The quantitative estimate of drug-likeness (QED) is 0.866. The molecule has 108 valence electrons. The molecule has 20 heavy (non-hydrogen) atoms. The Balaban J connectivity index is 2.41. The largest absolute Gasteiger partial charge is 0.496 e. The molecule has 1 aliphatic heterocycles. The summed E-state index contributed by atoms with van der Waals surface area (Å²) >= 11 is 5.62. The number of carbonyl (C=O) groups is 2. The zero-order valence-corrected chi connectivity index (χ0v) is 11.9. The monoisotopic (exact) mass is 297 g/mol. The maximum absolute atomic E-state index is 11.9. The fourth-order valence-corrected chi connectivity index (χ4v) is 2.75. The van der Waals surface area contributed by atoms with Crippen molar-refractivity contribution in [2.24, 2.45) is 0 Å². The molecule has 1 aliphatic rings. The Hall–Kier alpha value is -1.75. The summed E-state index contributed by atoms with van der Waals surface area (Å²) in [6.07, 6.45) is 1.65. The lowest BCUT2D eigenvalue weighted by atomic mass is 10.0. The molecule has 1 amide bonds. The van der Waals surface area contributed by atoms with Gasteiger partial charge in [-0.3, -0.25) is 4.79 Å². The Kier molecular flexibility index (Phi) is 4.49. The number of alkyl halides is 1. The molecule has 0 spiro atoms. The third kappa shape index (κ3) is 2.72. The number of carboxylic acids is 1. The van der Waals surface area contributed by atoms with Gasteiger partial charge in [0.15, 0.2) is 0 Å². The van der Waals surface area contributed by atoms with Gasteiger partial charge in [0.05, 0.1) is 18.7 Å². The number of ether oxygens (including phenoxy) is 1. The van der Waals surface area contributed by atoms with Crippen molar-refractivity contribution in [1.29, 1.82) is 0 Å². The summed E-state index contributed by atoms with van der Waals surface area (Å²) in [5.74, 6) is -0.620. The van der Waals surface area contributed by atoms with E-state index in [1.165, 1.54) is 13.2 Å². The molecular formula is C14H16ClNO4. The van der Waals surface area contributed by atoms with E-state index in [0.29, 0.717) is 12.3 Å². The summed E-state index contributed by atoms with van der Waals surface area (Å²) < 4.78 is 5.29. The first kappa shape index (κ1) is 14.7. The average Bonchev–Trinajstić information content (AvgIpc) is 2.94. The number of hydrogen-bond donors (Lipinski definition) is 1. The van der Waals surface area contributed by atoms with Crippen LogP contribution < -0.4 is 4.74 Å². The number of amides is 1. The van der Waals surface area contributed by atoms with Crippen molar-refractivity contribution in [2.45, 2.75) is 18.9 Å². The second-order valence-electron chi connectivity index (χ2n) is 4.64. The molecule has 1 atom stereocenters. The SMILES string of the molecule is COc1ccc(C(=O)O)cc1C1CCCN1C(=O)CCl. The highest BCUT2D eigenvalue weighted by Crippen LogP contribution is 2.37. The third-order valence-corrected chi connectivity index (χ3v) is 3.75. The second-order valence-corrected chi connectivity index (χ2v) is 4.91. The summed E-state index contributed by atoms with van der Waals surface area (Å²) in [6, 6.07) is 4.52. The van der Waals surface area contributed by atoms with Crippen molar-refractivity contribution in [2.75, 3.05) is 19.5 Å². The normalized spacial score (nSPS) is 18.1. The van der Waals surface area contributed by atoms with E-state index in [1.54, 1.807) is 17.0 Å². The minimum absolute atomic E-state index is 0.0720. The number of hydrogen-bond acceptors (Lipinski definition) is 3. The molecule has 5 nitrogen and oxygen atoms in total. The van der Waals surface area contributed by atoms with Crippen LogP contribution in [0.25, 0.3) is 0 Å². The lowest BCUT2D eigenvalue weighted by Crippen LogP contribution is -2.31. The predicted molar refractivity (Wildman–Crippen MR) is 74.4 cm³/mol. The van der Waals surface area contributed by atoms with Crippen LogP contribution in [0.3, 0.4) is 0 Å². The maximum atomic E-state index is 11.9. The zero-order valence-electron chi connectivity index (χ0n) is 11.1. The number of carbonyl (C=O) groups excluding carboxylic acids is 1. The van der Waals surface area contributed by atoms with E-state index in [9.17, 15) is 9.59 Å². The van der Waals surface area contributed by atoms with E-state index < -0.39 is 5.97 Å². The fourth-order valence-electron chi connectivity index (χ4n) is 2.59. The van der Waals surface area contributed by atoms with Crippen molar-refractivity contribution >= 4 is 23.5 Å². The van der Waals surface area contributed by atoms with Gasteiger partial charge in [-0.2, -0.15) is 0 Å². The number of nitrogens with zero attached hydrogens (tertiary/aromatic N) is 1. The second kappa shape index (κ2) is 6.13. The van der Waals surface area contributed by atoms with Gasteiger partial charge in [0.25, 0.3) is 0 Å². The van der Waals surface area contributed by atoms with Crippen LogP contribution in [-0.4, -0.2) is 41.4 Å². The van der Waals surface area contributed by atoms with E-state index in [-0.39, 0.29) is 23.4 Å². The minimum Gasteiger partial charge on any atom is -0.496 e. The molecule has 0 aliphatic carbocycles. The summed E-state index contributed by atoms with van der Waals surface area (Å²) in [4.78, 5) is 24.6. The Bertz CT molecular complexity index is 532. The van der Waals surface area contributed by atoms with E-state index in [1.807, 2.05) is 0 Å². The van der Waals surface area contributed by atoms with Gasteiger partial charge in [-0.15, -0.1) is 11.6 Å². The van der Waals surface area contributed by atoms with Crippen molar-refractivity contribution in [3.05, 3.63) is 29.3 Å². The van der Waals surface area contributed by atoms with Crippen molar-refractivity contribution in [3.8, 4) is 5.75 Å². The Labute approximate surface area is 122 Å². The predicted octanol–water partition coefficient (Wildman–Crippen LogP) is 2.30. The summed E-state index contributed by atoms with van der Waals surface area (Å²) in [6.45, 7) is 0.636. The lowest BCUT2D eigenvalue weighted by Gasteiger charge is -2.26. The summed E-state index contributed by atoms with van der Waals surface area (Å²) in [5, 5.41) is 9.09. The molecular weight excluding hydrogens is 282 g/mol. The zero-order chi connectivity index (χ0) is 14.7. The average molecular weight is 298 g/mol. The van der Waals surface area contributed by atoms with Gasteiger partial charge < -0.3 is 14.7 Å². The third-order valence-electron chi connectivity index (χ3n) is 3.52. The number of rotatable bonds is 4. The number of methoxy groups -OCH3 is 1. The standard InChI is InChI=1S/C14H16ClNO4/c1-20-12-5-4-9(14(18)19)7-10(12)11-3-2-6-16(11)13(17)8-15/h4-5,7,11H,2-3,6,8H2,1H3,(H,18,19). The number of carboxylic acid groups (broad SMARTS) is 1. The Morgan fingerprint density at radius 1 is 1.50 bits per heavy atom. The molecule has 0 aromatic heterocycles. The van der Waals surface area contributed by atoms with Crippen LogP contribution in [0.5, 0.6) is 5.75 Å². The molecule has 2 rings (SSSR count). The first-order valence-corrected chi connectivity index (χ1v) is 6.88. The molecule has 1 aromatic carbocycles. The fraction of sp³-hybridized carbons (Fsp3) is 0.429. The van der Waals surface area contributed by atoms with Crippen LogP contribution in [0.15, 0.2) is 18.2 Å². The topological polar surface area (TPSA) is 66.8 Å². The number of aromatic carboxylic acids is 1. The van der Waals surface area contributed by atoms with Crippen LogP contribution in [0.1, 0.15) is 34.8 Å². The van der Waals surface area contributed by atoms with Crippen molar-refractivity contribution in [1.82, 2.24) is 4.90 Å². The molecule has 0 radical (unpaired) electrons. The molecule has 0 bridgehead atoms. The Morgan fingerprint density at radius 2 is 2.25 bits per heavy atom.